The third-order valence-corrected chi connectivity index (χ3v) is 5.58. The van der Waals surface area contributed by atoms with E-state index in [1.165, 1.54) is 0 Å². The summed E-state index contributed by atoms with van der Waals surface area (Å²) in [6.45, 7) is 4.17. The van der Waals surface area contributed by atoms with E-state index in [0.717, 1.165) is 40.3 Å². The second-order valence-corrected chi connectivity index (χ2v) is 7.39. The van der Waals surface area contributed by atoms with Gasteiger partial charge in [-0.3, -0.25) is 4.79 Å². The number of unbranched alkanes of at least 4 members (excludes halogenated alkanes) is 1. The van der Waals surface area contributed by atoms with Crippen molar-refractivity contribution in [2.45, 2.75) is 38.4 Å². The van der Waals surface area contributed by atoms with Gasteiger partial charge in [0.25, 0.3) is 0 Å². The fourth-order valence-electron chi connectivity index (χ4n) is 2.53. The van der Waals surface area contributed by atoms with Gasteiger partial charge in [0.1, 0.15) is 0 Å². The van der Waals surface area contributed by atoms with E-state index < -0.39 is 0 Å². The second-order valence-electron chi connectivity index (χ2n) is 5.68. The Morgan fingerprint density at radius 1 is 1.13 bits per heavy atom. The van der Waals surface area contributed by atoms with Crippen molar-refractivity contribution >= 4 is 29.1 Å². The van der Waals surface area contributed by atoms with Gasteiger partial charge in [0.05, 0.1) is 0 Å². The molecule has 0 saturated heterocycles. The zero-order valence-corrected chi connectivity index (χ0v) is 15.3. The van der Waals surface area contributed by atoms with Crippen molar-refractivity contribution < 1.29 is 4.79 Å². The number of Topliss-reactive ketones (excluding diaryl/α,β-unsaturated/α-hetero) is 1. The van der Waals surface area contributed by atoms with E-state index in [1.807, 2.05) is 67.2 Å². The first-order chi connectivity index (χ1) is 11.1. The summed E-state index contributed by atoms with van der Waals surface area (Å²) in [6, 6.07) is 15.7. The highest BCUT2D eigenvalue weighted by Crippen LogP contribution is 2.37. The van der Waals surface area contributed by atoms with Gasteiger partial charge in [-0.15, -0.1) is 0 Å². The summed E-state index contributed by atoms with van der Waals surface area (Å²) in [5.74, 6) is 1.24. The zero-order valence-electron chi connectivity index (χ0n) is 13.7. The SMILES string of the molecule is CCCCSC(CC(=O)c1ccccc1C)c1ccccc1Cl. The molecule has 0 saturated carbocycles. The molecule has 23 heavy (non-hydrogen) atoms. The van der Waals surface area contributed by atoms with Gasteiger partial charge in [-0.2, -0.15) is 11.8 Å². The average molecular weight is 347 g/mol. The lowest BCUT2D eigenvalue weighted by atomic mass is 9.99. The number of ketones is 1. The molecule has 122 valence electrons. The lowest BCUT2D eigenvalue weighted by Gasteiger charge is -2.18. The molecule has 1 atom stereocenters. The first kappa shape index (κ1) is 18.1. The number of hydrogen-bond donors (Lipinski definition) is 0. The Labute approximate surface area is 148 Å². The van der Waals surface area contributed by atoms with E-state index in [2.05, 4.69) is 6.92 Å². The van der Waals surface area contributed by atoms with Gasteiger partial charge in [0.15, 0.2) is 5.78 Å². The molecule has 3 heteroatoms. The minimum atomic E-state index is 0.113. The fraction of sp³-hybridized carbons (Fsp3) is 0.350. The molecule has 0 N–H and O–H groups in total. The normalized spacial score (nSPS) is 12.1. The molecule has 0 heterocycles. The first-order valence-electron chi connectivity index (χ1n) is 8.08. The summed E-state index contributed by atoms with van der Waals surface area (Å²) < 4.78 is 0. The van der Waals surface area contributed by atoms with Gasteiger partial charge in [-0.1, -0.05) is 67.4 Å². The number of carbonyl (C=O) groups excluding carboxylic acids is 1. The Morgan fingerprint density at radius 2 is 1.83 bits per heavy atom. The number of carbonyl (C=O) groups is 1. The molecule has 0 aliphatic rings. The van der Waals surface area contributed by atoms with Crippen LogP contribution in [0, 0.1) is 6.92 Å². The highest BCUT2D eigenvalue weighted by molar-refractivity contribution is 7.99. The lowest BCUT2D eigenvalue weighted by molar-refractivity contribution is 0.0981. The lowest BCUT2D eigenvalue weighted by Crippen LogP contribution is -2.08. The van der Waals surface area contributed by atoms with Gasteiger partial charge in [0.2, 0.25) is 0 Å². The minimum absolute atomic E-state index is 0.113. The van der Waals surface area contributed by atoms with Crippen LogP contribution in [-0.2, 0) is 0 Å². The smallest absolute Gasteiger partial charge is 0.164 e. The third kappa shape index (κ3) is 5.12. The highest BCUT2D eigenvalue weighted by Gasteiger charge is 2.20. The summed E-state index contributed by atoms with van der Waals surface area (Å²) in [4.78, 5) is 12.7. The van der Waals surface area contributed by atoms with Crippen LogP contribution in [0.2, 0.25) is 5.02 Å². The Kier molecular flexibility index (Phi) is 7.19. The van der Waals surface area contributed by atoms with Gasteiger partial charge >= 0.3 is 0 Å². The number of aryl methyl sites for hydroxylation is 1. The maximum atomic E-state index is 12.7. The van der Waals surface area contributed by atoms with Crippen LogP contribution in [0.15, 0.2) is 48.5 Å². The largest absolute Gasteiger partial charge is 0.294 e. The third-order valence-electron chi connectivity index (χ3n) is 3.89. The van der Waals surface area contributed by atoms with Crippen LogP contribution in [0.25, 0.3) is 0 Å². The molecule has 0 aliphatic carbocycles. The van der Waals surface area contributed by atoms with Crippen molar-refractivity contribution in [2.24, 2.45) is 0 Å². The maximum absolute atomic E-state index is 12.7. The van der Waals surface area contributed by atoms with E-state index >= 15 is 0 Å². The molecule has 1 nitrogen and oxygen atoms in total. The number of hydrogen-bond acceptors (Lipinski definition) is 2. The summed E-state index contributed by atoms with van der Waals surface area (Å²) in [6.07, 6.45) is 2.81. The number of rotatable bonds is 8. The number of thioether (sulfide) groups is 1. The minimum Gasteiger partial charge on any atom is -0.294 e. The summed E-state index contributed by atoms with van der Waals surface area (Å²) in [5.41, 5.74) is 2.92. The van der Waals surface area contributed by atoms with E-state index in [0.29, 0.717) is 6.42 Å². The van der Waals surface area contributed by atoms with Crippen molar-refractivity contribution in [3.05, 3.63) is 70.2 Å². The summed E-state index contributed by atoms with van der Waals surface area (Å²) >= 11 is 8.20. The van der Waals surface area contributed by atoms with E-state index in [1.54, 1.807) is 0 Å². The van der Waals surface area contributed by atoms with Crippen LogP contribution in [0.4, 0.5) is 0 Å². The molecule has 0 radical (unpaired) electrons. The molecule has 0 amide bonds. The second kappa shape index (κ2) is 9.14. The molecular weight excluding hydrogens is 324 g/mol. The Hall–Kier alpha value is -1.25. The highest BCUT2D eigenvalue weighted by atomic mass is 35.5. The molecule has 0 aromatic heterocycles. The van der Waals surface area contributed by atoms with Gasteiger partial charge in [-0.25, -0.2) is 0 Å². The van der Waals surface area contributed by atoms with Crippen molar-refractivity contribution in [2.75, 3.05) is 5.75 Å². The van der Waals surface area contributed by atoms with Crippen LogP contribution < -0.4 is 0 Å². The van der Waals surface area contributed by atoms with Crippen LogP contribution in [0.1, 0.15) is 52.9 Å². The quantitative estimate of drug-likeness (QED) is 0.401. The topological polar surface area (TPSA) is 17.1 Å². The van der Waals surface area contributed by atoms with Gasteiger partial charge in [-0.05, 0) is 36.3 Å². The fourth-order valence-corrected chi connectivity index (χ4v) is 4.26. The Balaban J connectivity index is 2.19. The van der Waals surface area contributed by atoms with E-state index in [9.17, 15) is 4.79 Å². The Bertz CT molecular complexity index is 654. The van der Waals surface area contributed by atoms with E-state index in [4.69, 9.17) is 11.6 Å². The van der Waals surface area contributed by atoms with Crippen LogP contribution >= 0.6 is 23.4 Å². The maximum Gasteiger partial charge on any atom is 0.164 e. The molecule has 2 aromatic carbocycles. The first-order valence-corrected chi connectivity index (χ1v) is 9.51. The van der Waals surface area contributed by atoms with Crippen LogP contribution in [-0.4, -0.2) is 11.5 Å². The van der Waals surface area contributed by atoms with E-state index in [-0.39, 0.29) is 11.0 Å². The van der Waals surface area contributed by atoms with Gasteiger partial charge in [0, 0.05) is 22.3 Å². The molecule has 2 rings (SSSR count). The Morgan fingerprint density at radius 3 is 2.52 bits per heavy atom. The monoisotopic (exact) mass is 346 g/mol. The zero-order chi connectivity index (χ0) is 16.7. The molecule has 2 aromatic rings. The predicted molar refractivity (Wildman–Crippen MR) is 102 cm³/mol. The molecule has 0 bridgehead atoms. The summed E-state index contributed by atoms with van der Waals surface area (Å²) in [5, 5.41) is 0.862. The summed E-state index contributed by atoms with van der Waals surface area (Å²) in [7, 11) is 0. The predicted octanol–water partition coefficient (Wildman–Crippen LogP) is 6.50. The van der Waals surface area contributed by atoms with Gasteiger partial charge < -0.3 is 0 Å². The van der Waals surface area contributed by atoms with Crippen molar-refractivity contribution in [1.82, 2.24) is 0 Å². The molecule has 0 aliphatic heterocycles. The number of halogens is 1. The molecule has 0 spiro atoms. The number of benzene rings is 2. The molecular formula is C20H23ClOS. The average Bonchev–Trinajstić information content (AvgIpc) is 2.55. The molecule has 0 fully saturated rings. The standard InChI is InChI=1S/C20H23ClOS/c1-3-4-13-23-20(17-11-7-8-12-18(17)21)14-19(22)16-10-6-5-9-15(16)2/h5-12,20H,3-4,13-14H2,1-2H3. The van der Waals surface area contributed by atoms with Crippen molar-refractivity contribution in [3.63, 3.8) is 0 Å². The molecule has 1 unspecified atom stereocenters. The van der Waals surface area contributed by atoms with Crippen molar-refractivity contribution in [3.8, 4) is 0 Å². The van der Waals surface area contributed by atoms with Crippen molar-refractivity contribution in [1.29, 1.82) is 0 Å². The van der Waals surface area contributed by atoms with Crippen LogP contribution in [0.3, 0.4) is 0 Å². The van der Waals surface area contributed by atoms with Crippen LogP contribution in [0.5, 0.6) is 0 Å².